The first-order chi connectivity index (χ1) is 20.3. The van der Waals surface area contributed by atoms with Gasteiger partial charge in [0.25, 0.3) is 0 Å². The van der Waals surface area contributed by atoms with E-state index in [0.717, 1.165) is 75.3 Å². The number of halogens is 1. The summed E-state index contributed by atoms with van der Waals surface area (Å²) in [5, 5.41) is 10.6. The van der Waals surface area contributed by atoms with Crippen molar-refractivity contribution in [1.29, 1.82) is 0 Å². The highest BCUT2D eigenvalue weighted by molar-refractivity contribution is 9.10. The summed E-state index contributed by atoms with van der Waals surface area (Å²) in [4.78, 5) is 59.5. The van der Waals surface area contributed by atoms with E-state index in [1.54, 1.807) is 15.9 Å². The van der Waals surface area contributed by atoms with Gasteiger partial charge in [-0.05, 0) is 78.1 Å². The van der Waals surface area contributed by atoms with E-state index in [4.69, 9.17) is 4.74 Å². The van der Waals surface area contributed by atoms with Gasteiger partial charge < -0.3 is 9.84 Å². The molecule has 1 aromatic rings. The molecule has 3 saturated carbocycles. The highest BCUT2D eigenvalue weighted by Gasteiger charge is 2.63. The van der Waals surface area contributed by atoms with Crippen LogP contribution in [0.5, 0.6) is 11.5 Å². The number of fused-ring (bicyclic) bond motifs is 4. The van der Waals surface area contributed by atoms with Gasteiger partial charge in [0.1, 0.15) is 0 Å². The second-order valence-electron chi connectivity index (χ2n) is 13.3. The number of carbonyl (C=O) groups is 4. The Morgan fingerprint density at radius 2 is 1.33 bits per heavy atom. The Kier molecular flexibility index (Phi) is 7.22. The second kappa shape index (κ2) is 10.8. The average molecular weight is 640 g/mol. The van der Waals surface area contributed by atoms with Crippen molar-refractivity contribution in [3.05, 3.63) is 33.8 Å². The van der Waals surface area contributed by atoms with Crippen molar-refractivity contribution in [2.75, 3.05) is 7.11 Å². The summed E-state index contributed by atoms with van der Waals surface area (Å²) in [6.45, 7) is 0. The molecule has 6 unspecified atom stereocenters. The molecule has 224 valence electrons. The molecule has 0 spiro atoms. The molecule has 2 aliphatic heterocycles. The van der Waals surface area contributed by atoms with Gasteiger partial charge in [-0.3, -0.25) is 29.0 Å². The normalized spacial score (nSPS) is 33.9. The van der Waals surface area contributed by atoms with Crippen LogP contribution >= 0.6 is 15.9 Å². The molecule has 42 heavy (non-hydrogen) atoms. The van der Waals surface area contributed by atoms with Crippen molar-refractivity contribution in [2.24, 2.45) is 29.6 Å². The zero-order chi connectivity index (χ0) is 29.3. The van der Waals surface area contributed by atoms with Crippen molar-refractivity contribution < 1.29 is 29.0 Å². The number of phenols is 1. The van der Waals surface area contributed by atoms with E-state index in [1.807, 2.05) is 6.07 Å². The minimum atomic E-state index is -0.582. The van der Waals surface area contributed by atoms with E-state index < -0.39 is 29.6 Å². The van der Waals surface area contributed by atoms with Gasteiger partial charge in [-0.15, -0.1) is 0 Å². The van der Waals surface area contributed by atoms with Gasteiger partial charge in [0.05, 0.1) is 35.3 Å². The van der Waals surface area contributed by atoms with Crippen LogP contribution in [-0.2, 0) is 19.2 Å². The van der Waals surface area contributed by atoms with Crippen LogP contribution in [0, 0.1) is 29.6 Å². The van der Waals surface area contributed by atoms with Gasteiger partial charge in [0, 0.05) is 18.0 Å². The molecule has 1 N–H and O–H groups in total. The number of methoxy groups -OCH3 is 1. The largest absolute Gasteiger partial charge is 0.503 e. The van der Waals surface area contributed by atoms with E-state index in [9.17, 15) is 24.3 Å². The number of imide groups is 2. The maximum absolute atomic E-state index is 14.3. The third-order valence-corrected chi connectivity index (χ3v) is 11.8. The molecule has 6 atom stereocenters. The van der Waals surface area contributed by atoms with Crippen LogP contribution in [0.25, 0.3) is 0 Å². The number of phenolic OH excluding ortho intramolecular Hbond substituents is 1. The van der Waals surface area contributed by atoms with Crippen LogP contribution < -0.4 is 4.74 Å². The Balaban J connectivity index is 1.32. The molecular formula is C33H39BrN2O6. The molecule has 0 bridgehead atoms. The quantitative estimate of drug-likeness (QED) is 0.347. The number of allylic oxidation sites excluding steroid dienone is 2. The molecular weight excluding hydrogens is 600 g/mol. The van der Waals surface area contributed by atoms with Crippen molar-refractivity contribution in [2.45, 2.75) is 95.1 Å². The molecule has 0 aromatic heterocycles. The molecule has 4 aliphatic carbocycles. The zero-order valence-corrected chi connectivity index (χ0v) is 25.7. The Morgan fingerprint density at radius 3 is 1.93 bits per heavy atom. The molecule has 8 nitrogen and oxygen atoms in total. The molecule has 2 heterocycles. The number of nitrogens with zero attached hydrogens (tertiary/aromatic N) is 2. The van der Waals surface area contributed by atoms with Crippen molar-refractivity contribution in [3.63, 3.8) is 0 Å². The Morgan fingerprint density at radius 1 is 0.762 bits per heavy atom. The number of benzene rings is 1. The molecule has 6 aliphatic rings. The Hall–Kier alpha value is -2.68. The fourth-order valence-electron chi connectivity index (χ4n) is 9.34. The van der Waals surface area contributed by atoms with E-state index >= 15 is 0 Å². The summed E-state index contributed by atoms with van der Waals surface area (Å²) in [6, 6.07) is 3.46. The Labute approximate surface area is 255 Å². The number of amides is 4. The highest BCUT2D eigenvalue weighted by Crippen LogP contribution is 2.59. The van der Waals surface area contributed by atoms with Gasteiger partial charge in [0.2, 0.25) is 23.6 Å². The lowest BCUT2D eigenvalue weighted by Gasteiger charge is -2.44. The number of carbonyl (C=O) groups excluding carboxylic acids is 4. The smallest absolute Gasteiger partial charge is 0.234 e. The average Bonchev–Trinajstić information content (AvgIpc) is 3.41. The van der Waals surface area contributed by atoms with Crippen LogP contribution in [0.15, 0.2) is 28.3 Å². The third kappa shape index (κ3) is 4.20. The topological polar surface area (TPSA) is 104 Å². The van der Waals surface area contributed by atoms with E-state index in [0.29, 0.717) is 17.3 Å². The van der Waals surface area contributed by atoms with Gasteiger partial charge >= 0.3 is 0 Å². The molecule has 4 amide bonds. The van der Waals surface area contributed by atoms with Crippen LogP contribution in [0.4, 0.5) is 0 Å². The lowest BCUT2D eigenvalue weighted by atomic mass is 9.57. The predicted molar refractivity (Wildman–Crippen MR) is 157 cm³/mol. The summed E-state index contributed by atoms with van der Waals surface area (Å²) in [7, 11) is 1.49. The van der Waals surface area contributed by atoms with Crippen molar-refractivity contribution >= 4 is 39.6 Å². The van der Waals surface area contributed by atoms with Crippen LogP contribution in [0.3, 0.4) is 0 Å². The first kappa shape index (κ1) is 28.1. The lowest BCUT2D eigenvalue weighted by Crippen LogP contribution is -2.44. The highest BCUT2D eigenvalue weighted by atomic mass is 79.9. The molecule has 1 aromatic carbocycles. The molecule has 2 saturated heterocycles. The fraction of sp³-hybridized carbons (Fsp3) is 0.636. The first-order valence-corrected chi connectivity index (χ1v) is 16.6. The molecule has 0 radical (unpaired) electrons. The van der Waals surface area contributed by atoms with Crippen LogP contribution in [0.2, 0.25) is 0 Å². The zero-order valence-electron chi connectivity index (χ0n) is 24.1. The second-order valence-corrected chi connectivity index (χ2v) is 14.1. The van der Waals surface area contributed by atoms with Crippen molar-refractivity contribution in [3.8, 4) is 11.5 Å². The summed E-state index contributed by atoms with van der Waals surface area (Å²) in [5.74, 6) is -2.91. The monoisotopic (exact) mass is 638 g/mol. The maximum Gasteiger partial charge on any atom is 0.234 e. The van der Waals surface area contributed by atoms with E-state index in [-0.39, 0.29) is 53.1 Å². The summed E-state index contributed by atoms with van der Waals surface area (Å²) in [6.07, 6.45) is 12.7. The lowest BCUT2D eigenvalue weighted by molar-refractivity contribution is -0.145. The number of rotatable bonds is 4. The van der Waals surface area contributed by atoms with E-state index in [1.165, 1.54) is 7.11 Å². The van der Waals surface area contributed by atoms with Gasteiger partial charge in [-0.25, -0.2) is 0 Å². The van der Waals surface area contributed by atoms with Crippen LogP contribution in [0.1, 0.15) is 88.5 Å². The number of aromatic hydroxyl groups is 1. The third-order valence-electron chi connectivity index (χ3n) is 11.2. The molecule has 5 fully saturated rings. The SMILES string of the molecule is COc1cc(C2C3=CCC4C(=O)N(C5CCCCC5)C(=O)C4C3CC3C(=O)N(C4CCCCC4)C(=O)C32)cc(Br)c1O. The van der Waals surface area contributed by atoms with E-state index in [2.05, 4.69) is 22.0 Å². The number of ether oxygens (including phenoxy) is 1. The number of hydrogen-bond acceptors (Lipinski definition) is 6. The number of hydrogen-bond donors (Lipinski definition) is 1. The van der Waals surface area contributed by atoms with Crippen molar-refractivity contribution in [1.82, 2.24) is 9.80 Å². The maximum atomic E-state index is 14.3. The molecule has 7 rings (SSSR count). The first-order valence-electron chi connectivity index (χ1n) is 15.8. The minimum absolute atomic E-state index is 0.0276. The molecule has 9 heteroatoms. The predicted octanol–water partition coefficient (Wildman–Crippen LogP) is 5.46. The van der Waals surface area contributed by atoms with Crippen LogP contribution in [-0.4, -0.2) is 57.7 Å². The summed E-state index contributed by atoms with van der Waals surface area (Å²) < 4.78 is 5.93. The minimum Gasteiger partial charge on any atom is -0.503 e. The number of likely N-dealkylation sites (tertiary alicyclic amines) is 2. The fourth-order valence-corrected chi connectivity index (χ4v) is 9.80. The summed E-state index contributed by atoms with van der Waals surface area (Å²) >= 11 is 3.46. The van der Waals surface area contributed by atoms with Gasteiger partial charge in [0.15, 0.2) is 11.5 Å². The van der Waals surface area contributed by atoms with Gasteiger partial charge in [-0.1, -0.05) is 50.2 Å². The van der Waals surface area contributed by atoms with Gasteiger partial charge in [-0.2, -0.15) is 0 Å². The Bertz CT molecular complexity index is 1360. The standard InChI is InChI=1S/C33H39BrN2O6/c1-42-25-15-17(14-24(34)29(25)37)26-20-12-13-21-27(32(40)35(30(21)38)18-8-4-2-5-9-18)22(20)16-23-28(26)33(41)36(31(23)39)19-10-6-3-7-11-19/h12,14-15,18-19,21-23,26-28,37H,2-11,13,16H2,1H3. The summed E-state index contributed by atoms with van der Waals surface area (Å²) in [5.41, 5.74) is 1.75.